The molecule has 0 aromatic rings. The summed E-state index contributed by atoms with van der Waals surface area (Å²) in [6.07, 6.45) is 11.7. The number of hydrogen-bond acceptors (Lipinski definition) is 1. The monoisotopic (exact) mass is 167 g/mol. The van der Waals surface area contributed by atoms with Crippen LogP contribution in [-0.4, -0.2) is 13.6 Å². The topological polar surface area (TPSA) is 12.0 Å². The summed E-state index contributed by atoms with van der Waals surface area (Å²) in [6, 6.07) is 0. The first-order chi connectivity index (χ1) is 5.77. The number of hydrogen-bond donors (Lipinski definition) is 1. The van der Waals surface area contributed by atoms with Gasteiger partial charge in [0.1, 0.15) is 0 Å². The minimum Gasteiger partial charge on any atom is -0.316 e. The van der Waals surface area contributed by atoms with Crippen LogP contribution in [0.5, 0.6) is 0 Å². The zero-order valence-electron chi connectivity index (χ0n) is 8.40. The lowest BCUT2D eigenvalue weighted by atomic mass is 9.75. The van der Waals surface area contributed by atoms with E-state index in [-0.39, 0.29) is 0 Å². The summed E-state index contributed by atoms with van der Waals surface area (Å²) in [4.78, 5) is 0. The van der Waals surface area contributed by atoms with Crippen molar-refractivity contribution in [3.05, 3.63) is 12.2 Å². The molecule has 1 nitrogen and oxygen atoms in total. The van der Waals surface area contributed by atoms with E-state index in [1.165, 1.54) is 32.1 Å². The highest BCUT2D eigenvalue weighted by Crippen LogP contribution is 2.36. The molecule has 1 rings (SSSR count). The second-order valence-corrected chi connectivity index (χ2v) is 4.17. The van der Waals surface area contributed by atoms with E-state index in [1.54, 1.807) is 0 Å². The molecule has 0 atom stereocenters. The van der Waals surface area contributed by atoms with Gasteiger partial charge < -0.3 is 5.32 Å². The van der Waals surface area contributed by atoms with Gasteiger partial charge in [-0.15, -0.1) is 0 Å². The van der Waals surface area contributed by atoms with Crippen LogP contribution in [0.3, 0.4) is 0 Å². The van der Waals surface area contributed by atoms with Gasteiger partial charge in [-0.3, -0.25) is 0 Å². The maximum absolute atomic E-state index is 3.14. The number of likely N-dealkylation sites (N-methyl/N-ethyl adjacent to an activating group) is 1. The van der Waals surface area contributed by atoms with Crippen LogP contribution in [0.2, 0.25) is 0 Å². The number of allylic oxidation sites excluding steroid dienone is 1. The minimum atomic E-state index is 0.509. The minimum absolute atomic E-state index is 0.509. The molecule has 0 aromatic carbocycles. The summed E-state index contributed by atoms with van der Waals surface area (Å²) in [5.74, 6) is 0. The van der Waals surface area contributed by atoms with Crippen molar-refractivity contribution >= 4 is 0 Å². The molecule has 12 heavy (non-hydrogen) atoms. The van der Waals surface area contributed by atoms with Crippen molar-refractivity contribution < 1.29 is 0 Å². The van der Waals surface area contributed by atoms with Crippen molar-refractivity contribution in [2.45, 2.75) is 39.0 Å². The van der Waals surface area contributed by atoms with Crippen molar-refractivity contribution in [3.63, 3.8) is 0 Å². The molecule has 0 saturated heterocycles. The highest BCUT2D eigenvalue weighted by molar-refractivity contribution is 4.99. The summed E-state index contributed by atoms with van der Waals surface area (Å²) in [7, 11) is 1.99. The second kappa shape index (κ2) is 4.66. The fourth-order valence-electron chi connectivity index (χ4n) is 1.99. The van der Waals surface area contributed by atoms with Crippen LogP contribution in [0.1, 0.15) is 39.0 Å². The first-order valence-electron chi connectivity index (χ1n) is 5.09. The van der Waals surface area contributed by atoms with Crippen LogP contribution in [0.4, 0.5) is 0 Å². The highest BCUT2D eigenvalue weighted by atomic mass is 14.8. The molecule has 0 unspecified atom stereocenters. The third-order valence-corrected chi connectivity index (χ3v) is 2.84. The van der Waals surface area contributed by atoms with Gasteiger partial charge in [-0.1, -0.05) is 38.3 Å². The SMILES string of the molecule is CNC/C=C/C1(C)CCCCC1. The van der Waals surface area contributed by atoms with E-state index in [2.05, 4.69) is 24.4 Å². The molecule has 1 fully saturated rings. The molecular weight excluding hydrogens is 146 g/mol. The van der Waals surface area contributed by atoms with E-state index >= 15 is 0 Å². The molecule has 0 spiro atoms. The van der Waals surface area contributed by atoms with Crippen molar-refractivity contribution in [2.75, 3.05) is 13.6 Å². The van der Waals surface area contributed by atoms with Crippen LogP contribution in [0, 0.1) is 5.41 Å². The summed E-state index contributed by atoms with van der Waals surface area (Å²) in [5.41, 5.74) is 0.509. The smallest absolute Gasteiger partial charge is 0.0132 e. The maximum Gasteiger partial charge on any atom is 0.0132 e. The fourth-order valence-corrected chi connectivity index (χ4v) is 1.99. The fraction of sp³-hybridized carbons (Fsp3) is 0.818. The maximum atomic E-state index is 3.14. The Hall–Kier alpha value is -0.300. The molecule has 1 N–H and O–H groups in total. The van der Waals surface area contributed by atoms with E-state index < -0.39 is 0 Å². The molecule has 0 aliphatic heterocycles. The average molecular weight is 167 g/mol. The van der Waals surface area contributed by atoms with Gasteiger partial charge in [-0.25, -0.2) is 0 Å². The molecule has 0 bridgehead atoms. The normalized spacial score (nSPS) is 23.2. The largest absolute Gasteiger partial charge is 0.316 e. The highest BCUT2D eigenvalue weighted by Gasteiger charge is 2.22. The Kier molecular flexibility index (Phi) is 3.80. The molecule has 1 saturated carbocycles. The Balaban J connectivity index is 2.35. The molecule has 0 radical (unpaired) electrons. The van der Waals surface area contributed by atoms with Crippen LogP contribution < -0.4 is 5.32 Å². The lowest BCUT2D eigenvalue weighted by molar-refractivity contribution is 0.285. The standard InChI is InChI=1S/C11H21N/c1-11(9-6-10-12-2)7-4-3-5-8-11/h6,9,12H,3-5,7-8,10H2,1-2H3/b9-6+. The Morgan fingerprint density at radius 1 is 1.25 bits per heavy atom. The van der Waals surface area contributed by atoms with Crippen molar-refractivity contribution in [1.82, 2.24) is 5.32 Å². The molecule has 1 aliphatic carbocycles. The lowest BCUT2D eigenvalue weighted by Crippen LogP contribution is -2.17. The number of nitrogens with one attached hydrogen (secondary N) is 1. The van der Waals surface area contributed by atoms with Crippen molar-refractivity contribution in [2.24, 2.45) is 5.41 Å². The van der Waals surface area contributed by atoms with Crippen LogP contribution in [0.25, 0.3) is 0 Å². The first kappa shape index (κ1) is 9.79. The van der Waals surface area contributed by atoms with Gasteiger partial charge in [0.2, 0.25) is 0 Å². The van der Waals surface area contributed by atoms with Gasteiger partial charge in [0.05, 0.1) is 0 Å². The summed E-state index contributed by atoms with van der Waals surface area (Å²) < 4.78 is 0. The molecule has 1 heteroatoms. The predicted octanol–water partition coefficient (Wildman–Crippen LogP) is 2.73. The van der Waals surface area contributed by atoms with Gasteiger partial charge in [-0.2, -0.15) is 0 Å². The number of rotatable bonds is 3. The summed E-state index contributed by atoms with van der Waals surface area (Å²) in [6.45, 7) is 3.40. The van der Waals surface area contributed by atoms with Gasteiger partial charge in [0.25, 0.3) is 0 Å². The Morgan fingerprint density at radius 2 is 1.92 bits per heavy atom. The zero-order valence-corrected chi connectivity index (χ0v) is 8.40. The molecule has 1 aliphatic rings. The lowest BCUT2D eigenvalue weighted by Gasteiger charge is -2.30. The van der Waals surface area contributed by atoms with Crippen molar-refractivity contribution in [1.29, 1.82) is 0 Å². The van der Waals surface area contributed by atoms with Gasteiger partial charge in [0, 0.05) is 6.54 Å². The van der Waals surface area contributed by atoms with Gasteiger partial charge in [-0.05, 0) is 25.3 Å². The second-order valence-electron chi connectivity index (χ2n) is 4.17. The quantitative estimate of drug-likeness (QED) is 0.637. The van der Waals surface area contributed by atoms with E-state index in [0.29, 0.717) is 5.41 Å². The van der Waals surface area contributed by atoms with E-state index in [4.69, 9.17) is 0 Å². The first-order valence-corrected chi connectivity index (χ1v) is 5.09. The third-order valence-electron chi connectivity index (χ3n) is 2.84. The molecular formula is C11H21N. The molecule has 0 aromatic heterocycles. The Labute approximate surface area is 76.2 Å². The van der Waals surface area contributed by atoms with Gasteiger partial charge in [0.15, 0.2) is 0 Å². The van der Waals surface area contributed by atoms with E-state index in [1.807, 2.05) is 7.05 Å². The summed E-state index contributed by atoms with van der Waals surface area (Å²) >= 11 is 0. The summed E-state index contributed by atoms with van der Waals surface area (Å²) in [5, 5.41) is 3.14. The Bertz CT molecular complexity index is 143. The van der Waals surface area contributed by atoms with Crippen molar-refractivity contribution in [3.8, 4) is 0 Å². The third kappa shape index (κ3) is 2.98. The van der Waals surface area contributed by atoms with Crippen LogP contribution in [0.15, 0.2) is 12.2 Å². The zero-order chi connectivity index (χ0) is 8.86. The predicted molar refractivity (Wildman–Crippen MR) is 54.3 cm³/mol. The van der Waals surface area contributed by atoms with E-state index in [9.17, 15) is 0 Å². The average Bonchev–Trinajstić information content (AvgIpc) is 2.06. The van der Waals surface area contributed by atoms with Gasteiger partial charge >= 0.3 is 0 Å². The van der Waals surface area contributed by atoms with Crippen LogP contribution in [-0.2, 0) is 0 Å². The van der Waals surface area contributed by atoms with E-state index in [0.717, 1.165) is 6.54 Å². The molecule has 0 heterocycles. The Morgan fingerprint density at radius 3 is 2.50 bits per heavy atom. The molecule has 70 valence electrons. The molecule has 0 amide bonds. The van der Waals surface area contributed by atoms with Crippen LogP contribution >= 0.6 is 0 Å².